The SMILES string of the molecule is CC(C)S(=O)(=O)Cc1ccc(C(=O)Cc2ccc(OCC3CCCCO3)cc2)cc1. The number of sulfone groups is 1. The van der Waals surface area contributed by atoms with E-state index in [9.17, 15) is 13.2 Å². The first kappa shape index (κ1) is 22.5. The quantitative estimate of drug-likeness (QED) is 0.552. The van der Waals surface area contributed by atoms with Crippen molar-refractivity contribution in [1.29, 1.82) is 0 Å². The van der Waals surface area contributed by atoms with E-state index in [1.165, 1.54) is 6.42 Å². The van der Waals surface area contributed by atoms with Crippen molar-refractivity contribution in [3.05, 3.63) is 65.2 Å². The average molecular weight is 431 g/mol. The van der Waals surface area contributed by atoms with Crippen LogP contribution >= 0.6 is 0 Å². The summed E-state index contributed by atoms with van der Waals surface area (Å²) in [4.78, 5) is 12.6. The number of carbonyl (C=O) groups excluding carboxylic acids is 1. The van der Waals surface area contributed by atoms with Crippen molar-refractivity contribution in [3.63, 3.8) is 0 Å². The van der Waals surface area contributed by atoms with Crippen LogP contribution in [0.1, 0.15) is 54.6 Å². The van der Waals surface area contributed by atoms with Gasteiger partial charge in [-0.25, -0.2) is 8.42 Å². The normalized spacial score (nSPS) is 17.1. The van der Waals surface area contributed by atoms with Crippen LogP contribution in [0.3, 0.4) is 0 Å². The molecule has 1 atom stereocenters. The molecule has 0 amide bonds. The number of ketones is 1. The van der Waals surface area contributed by atoms with Crippen LogP contribution in [-0.2, 0) is 26.7 Å². The van der Waals surface area contributed by atoms with Gasteiger partial charge in [0, 0.05) is 18.6 Å². The van der Waals surface area contributed by atoms with E-state index in [2.05, 4.69) is 0 Å². The van der Waals surface area contributed by atoms with E-state index in [0.717, 1.165) is 30.8 Å². The molecule has 6 heteroatoms. The molecular weight excluding hydrogens is 400 g/mol. The van der Waals surface area contributed by atoms with E-state index in [0.29, 0.717) is 17.7 Å². The molecule has 1 heterocycles. The molecule has 0 bridgehead atoms. The molecule has 162 valence electrons. The molecule has 0 radical (unpaired) electrons. The molecule has 0 spiro atoms. The number of rotatable bonds is 9. The Morgan fingerprint density at radius 1 is 1.03 bits per heavy atom. The third-order valence-corrected chi connectivity index (χ3v) is 7.53. The highest BCUT2D eigenvalue weighted by Crippen LogP contribution is 2.18. The van der Waals surface area contributed by atoms with Crippen LogP contribution in [0.4, 0.5) is 0 Å². The lowest BCUT2D eigenvalue weighted by Gasteiger charge is -2.22. The molecule has 0 aliphatic carbocycles. The molecule has 0 saturated carbocycles. The van der Waals surface area contributed by atoms with Crippen molar-refractivity contribution >= 4 is 15.6 Å². The van der Waals surface area contributed by atoms with Crippen LogP contribution in [0.5, 0.6) is 5.75 Å². The molecule has 5 nitrogen and oxygen atoms in total. The Morgan fingerprint density at radius 3 is 2.30 bits per heavy atom. The Labute approximate surface area is 179 Å². The fourth-order valence-electron chi connectivity index (χ4n) is 3.30. The summed E-state index contributed by atoms with van der Waals surface area (Å²) in [6, 6.07) is 14.4. The Hall–Kier alpha value is -2.18. The number of ether oxygens (including phenoxy) is 2. The molecule has 2 aromatic carbocycles. The van der Waals surface area contributed by atoms with Gasteiger partial charge >= 0.3 is 0 Å². The van der Waals surface area contributed by atoms with E-state index in [-0.39, 0.29) is 24.1 Å². The highest BCUT2D eigenvalue weighted by Gasteiger charge is 2.17. The molecule has 0 N–H and O–H groups in total. The lowest BCUT2D eigenvalue weighted by molar-refractivity contribution is -0.0110. The van der Waals surface area contributed by atoms with E-state index in [1.807, 2.05) is 24.3 Å². The van der Waals surface area contributed by atoms with Crippen molar-refractivity contribution in [3.8, 4) is 5.75 Å². The van der Waals surface area contributed by atoms with Gasteiger partial charge in [0.25, 0.3) is 0 Å². The van der Waals surface area contributed by atoms with Gasteiger partial charge in [0.1, 0.15) is 12.4 Å². The molecule has 1 aliphatic rings. The number of carbonyl (C=O) groups is 1. The van der Waals surface area contributed by atoms with Gasteiger partial charge in [-0.1, -0.05) is 36.4 Å². The minimum Gasteiger partial charge on any atom is -0.491 e. The molecule has 1 saturated heterocycles. The van der Waals surface area contributed by atoms with Crippen LogP contribution in [0.15, 0.2) is 48.5 Å². The molecule has 30 heavy (non-hydrogen) atoms. The first-order valence-corrected chi connectivity index (χ1v) is 12.2. The van der Waals surface area contributed by atoms with Crippen molar-refractivity contribution in [2.45, 2.75) is 56.6 Å². The average Bonchev–Trinajstić information content (AvgIpc) is 2.74. The van der Waals surface area contributed by atoms with Gasteiger partial charge in [-0.15, -0.1) is 0 Å². The summed E-state index contributed by atoms with van der Waals surface area (Å²) in [5.41, 5.74) is 2.19. The van der Waals surface area contributed by atoms with Crippen molar-refractivity contribution in [2.75, 3.05) is 13.2 Å². The minimum atomic E-state index is -3.15. The third kappa shape index (κ3) is 6.41. The molecule has 1 fully saturated rings. The zero-order valence-corrected chi connectivity index (χ0v) is 18.5. The summed E-state index contributed by atoms with van der Waals surface area (Å²) < 4.78 is 35.5. The standard InChI is InChI=1S/C24H30O5S/c1-18(2)30(26,27)17-20-6-10-21(11-7-20)24(25)15-19-8-12-22(13-9-19)29-16-23-5-3-4-14-28-23/h6-13,18,23H,3-5,14-17H2,1-2H3. The van der Waals surface area contributed by atoms with Gasteiger partial charge < -0.3 is 9.47 Å². The number of hydrogen-bond acceptors (Lipinski definition) is 5. The fourth-order valence-corrected chi connectivity index (χ4v) is 4.30. The second-order valence-electron chi connectivity index (χ2n) is 8.10. The molecule has 0 aromatic heterocycles. The fraction of sp³-hybridized carbons (Fsp3) is 0.458. The van der Waals surface area contributed by atoms with Crippen LogP contribution in [0.2, 0.25) is 0 Å². The number of benzene rings is 2. The van der Waals surface area contributed by atoms with Crippen LogP contribution in [0.25, 0.3) is 0 Å². The lowest BCUT2D eigenvalue weighted by Crippen LogP contribution is -2.25. The van der Waals surface area contributed by atoms with E-state index >= 15 is 0 Å². The monoisotopic (exact) mass is 430 g/mol. The van der Waals surface area contributed by atoms with E-state index in [1.54, 1.807) is 38.1 Å². The summed E-state index contributed by atoms with van der Waals surface area (Å²) in [5, 5.41) is -0.416. The van der Waals surface area contributed by atoms with Crippen molar-refractivity contribution < 1.29 is 22.7 Å². The lowest BCUT2D eigenvalue weighted by atomic mass is 10.0. The molecule has 1 unspecified atom stereocenters. The molecule has 1 aliphatic heterocycles. The van der Waals surface area contributed by atoms with E-state index in [4.69, 9.17) is 9.47 Å². The van der Waals surface area contributed by atoms with Gasteiger partial charge in [-0.05, 0) is 56.4 Å². The predicted molar refractivity (Wildman–Crippen MR) is 118 cm³/mol. The van der Waals surface area contributed by atoms with Gasteiger partial charge in [-0.2, -0.15) is 0 Å². The summed E-state index contributed by atoms with van der Waals surface area (Å²) in [7, 11) is -3.15. The Balaban J connectivity index is 1.52. The second-order valence-corrected chi connectivity index (χ2v) is 10.7. The minimum absolute atomic E-state index is 0.00228. The van der Waals surface area contributed by atoms with Crippen molar-refractivity contribution in [2.24, 2.45) is 0 Å². The maximum atomic E-state index is 12.6. The first-order chi connectivity index (χ1) is 14.3. The zero-order valence-electron chi connectivity index (χ0n) is 17.7. The molecular formula is C24H30O5S. The Bertz CT molecular complexity index is 925. The van der Waals surface area contributed by atoms with Gasteiger partial charge in [0.05, 0.1) is 17.1 Å². The van der Waals surface area contributed by atoms with E-state index < -0.39 is 15.1 Å². The zero-order chi connectivity index (χ0) is 21.6. The smallest absolute Gasteiger partial charge is 0.167 e. The highest BCUT2D eigenvalue weighted by atomic mass is 32.2. The van der Waals surface area contributed by atoms with Crippen LogP contribution in [-0.4, -0.2) is 38.8 Å². The van der Waals surface area contributed by atoms with Gasteiger partial charge in [-0.3, -0.25) is 4.79 Å². The molecule has 3 rings (SSSR count). The molecule has 2 aromatic rings. The summed E-state index contributed by atoms with van der Waals surface area (Å²) >= 11 is 0. The number of Topliss-reactive ketones (excluding diaryl/α,β-unsaturated/α-hetero) is 1. The maximum Gasteiger partial charge on any atom is 0.167 e. The Kier molecular flexibility index (Phi) is 7.67. The predicted octanol–water partition coefficient (Wildman–Crippen LogP) is 4.38. The Morgan fingerprint density at radius 2 is 1.70 bits per heavy atom. The summed E-state index contributed by atoms with van der Waals surface area (Å²) in [6.07, 6.45) is 3.80. The first-order valence-electron chi connectivity index (χ1n) is 10.5. The number of hydrogen-bond donors (Lipinski definition) is 0. The topological polar surface area (TPSA) is 69.7 Å². The summed E-state index contributed by atoms with van der Waals surface area (Å²) in [5.74, 6) is 0.764. The van der Waals surface area contributed by atoms with Gasteiger partial charge in [0.15, 0.2) is 15.6 Å². The third-order valence-electron chi connectivity index (χ3n) is 5.36. The summed E-state index contributed by atoms with van der Waals surface area (Å²) in [6.45, 7) is 4.71. The van der Waals surface area contributed by atoms with Gasteiger partial charge in [0.2, 0.25) is 0 Å². The van der Waals surface area contributed by atoms with Crippen LogP contribution < -0.4 is 4.74 Å². The highest BCUT2D eigenvalue weighted by molar-refractivity contribution is 7.91. The largest absolute Gasteiger partial charge is 0.491 e. The van der Waals surface area contributed by atoms with Crippen molar-refractivity contribution in [1.82, 2.24) is 0 Å². The second kappa shape index (κ2) is 10.2. The maximum absolute atomic E-state index is 12.6. The van der Waals surface area contributed by atoms with Crippen LogP contribution in [0, 0.1) is 0 Å².